The Labute approximate surface area is 145 Å². The summed E-state index contributed by atoms with van der Waals surface area (Å²) in [6, 6.07) is -0.761. The SMILES string of the molecule is C#CCCC[C@@H]1CC1OC(=O)N[C@H](C(=O)OC(C)(C)C)C(C)(C)C. The summed E-state index contributed by atoms with van der Waals surface area (Å²) in [6.45, 7) is 11.0. The van der Waals surface area contributed by atoms with E-state index in [4.69, 9.17) is 15.9 Å². The zero-order valence-electron chi connectivity index (χ0n) is 15.8. The van der Waals surface area contributed by atoms with Crippen LogP contribution in [0, 0.1) is 23.7 Å². The summed E-state index contributed by atoms with van der Waals surface area (Å²) in [6.07, 6.45) is 8.13. The van der Waals surface area contributed by atoms with E-state index in [1.54, 1.807) is 20.8 Å². The molecule has 1 aliphatic rings. The maximum absolute atomic E-state index is 12.4. The van der Waals surface area contributed by atoms with Crippen molar-refractivity contribution in [3.8, 4) is 12.3 Å². The molecule has 0 heterocycles. The molecule has 24 heavy (non-hydrogen) atoms. The molecule has 0 aromatic carbocycles. The van der Waals surface area contributed by atoms with Gasteiger partial charge in [0.1, 0.15) is 17.7 Å². The maximum atomic E-state index is 12.4. The van der Waals surface area contributed by atoms with Gasteiger partial charge in [-0.05, 0) is 51.4 Å². The average Bonchev–Trinajstić information content (AvgIpc) is 3.11. The Morgan fingerprint density at radius 2 is 1.88 bits per heavy atom. The van der Waals surface area contributed by atoms with E-state index in [0.717, 1.165) is 25.7 Å². The quantitative estimate of drug-likeness (QED) is 0.456. The van der Waals surface area contributed by atoms with Crippen LogP contribution in [0.5, 0.6) is 0 Å². The Morgan fingerprint density at radius 3 is 2.38 bits per heavy atom. The normalized spacial score (nSPS) is 21.4. The molecule has 5 nitrogen and oxygen atoms in total. The Morgan fingerprint density at radius 1 is 1.25 bits per heavy atom. The highest BCUT2D eigenvalue weighted by atomic mass is 16.6. The minimum Gasteiger partial charge on any atom is -0.458 e. The van der Waals surface area contributed by atoms with Crippen molar-refractivity contribution in [1.29, 1.82) is 0 Å². The van der Waals surface area contributed by atoms with Gasteiger partial charge in [-0.1, -0.05) is 20.8 Å². The third-order valence-electron chi connectivity index (χ3n) is 3.78. The topological polar surface area (TPSA) is 64.6 Å². The van der Waals surface area contributed by atoms with Crippen molar-refractivity contribution >= 4 is 12.1 Å². The van der Waals surface area contributed by atoms with Gasteiger partial charge in [-0.15, -0.1) is 12.3 Å². The summed E-state index contributed by atoms with van der Waals surface area (Å²) < 4.78 is 10.8. The number of esters is 1. The highest BCUT2D eigenvalue weighted by Crippen LogP contribution is 2.38. The lowest BCUT2D eigenvalue weighted by molar-refractivity contribution is -0.160. The Hall–Kier alpha value is -1.70. The fraction of sp³-hybridized carbons (Fsp3) is 0.789. The second-order valence-corrected chi connectivity index (χ2v) is 8.51. The second-order valence-electron chi connectivity index (χ2n) is 8.51. The van der Waals surface area contributed by atoms with Crippen LogP contribution in [0.4, 0.5) is 4.79 Å². The molecule has 1 saturated carbocycles. The number of unbranched alkanes of at least 4 members (excludes halogenated alkanes) is 1. The third-order valence-corrected chi connectivity index (χ3v) is 3.78. The van der Waals surface area contributed by atoms with Gasteiger partial charge < -0.3 is 14.8 Å². The average molecular weight is 337 g/mol. The number of ether oxygens (including phenoxy) is 2. The molecule has 0 aromatic rings. The number of terminal acetylenes is 1. The summed E-state index contributed by atoms with van der Waals surface area (Å²) in [5.41, 5.74) is -1.08. The number of carbonyl (C=O) groups excluding carboxylic acids is 2. The third kappa shape index (κ3) is 7.25. The van der Waals surface area contributed by atoms with E-state index in [-0.39, 0.29) is 6.10 Å². The van der Waals surface area contributed by atoms with Crippen LogP contribution in [0.2, 0.25) is 0 Å². The molecule has 136 valence electrons. The first-order valence-electron chi connectivity index (χ1n) is 8.57. The molecule has 0 radical (unpaired) electrons. The lowest BCUT2D eigenvalue weighted by atomic mass is 9.86. The van der Waals surface area contributed by atoms with Crippen molar-refractivity contribution in [3.05, 3.63) is 0 Å². The maximum Gasteiger partial charge on any atom is 0.408 e. The highest BCUT2D eigenvalue weighted by molar-refractivity contribution is 5.82. The second kappa shape index (κ2) is 7.92. The summed E-state index contributed by atoms with van der Waals surface area (Å²) in [4.78, 5) is 24.5. The number of carbonyl (C=O) groups is 2. The van der Waals surface area contributed by atoms with Gasteiger partial charge in [0.05, 0.1) is 0 Å². The van der Waals surface area contributed by atoms with Gasteiger partial charge in [-0.25, -0.2) is 9.59 Å². The first-order chi connectivity index (χ1) is 10.9. The van der Waals surface area contributed by atoms with Crippen LogP contribution in [0.25, 0.3) is 0 Å². The molecule has 0 spiro atoms. The molecular formula is C19H31NO4. The molecule has 1 rings (SSSR count). The predicted octanol–water partition coefficient (Wildman–Crippen LogP) is 3.66. The van der Waals surface area contributed by atoms with Gasteiger partial charge in [0.2, 0.25) is 0 Å². The van der Waals surface area contributed by atoms with Gasteiger partial charge in [-0.3, -0.25) is 0 Å². The Bertz CT molecular complexity index is 493. The number of rotatable bonds is 6. The van der Waals surface area contributed by atoms with Crippen molar-refractivity contribution in [3.63, 3.8) is 0 Å². The van der Waals surface area contributed by atoms with Crippen LogP contribution in [-0.2, 0) is 14.3 Å². The standard InChI is InChI=1S/C19H31NO4/c1-8-9-10-11-13-12-14(13)23-17(22)20-15(18(2,3)4)16(21)24-19(5,6)7/h1,13-15H,9-12H2,2-7H3,(H,20,22)/t13-,14?,15-/m1/s1. The molecular weight excluding hydrogens is 306 g/mol. The van der Waals surface area contributed by atoms with Crippen LogP contribution in [0.15, 0.2) is 0 Å². The van der Waals surface area contributed by atoms with E-state index in [9.17, 15) is 9.59 Å². The lowest BCUT2D eigenvalue weighted by Gasteiger charge is -2.32. The van der Waals surface area contributed by atoms with Crippen LogP contribution in [0.3, 0.4) is 0 Å². The van der Waals surface area contributed by atoms with Gasteiger partial charge in [0, 0.05) is 6.42 Å². The van der Waals surface area contributed by atoms with E-state index in [2.05, 4.69) is 11.2 Å². The number of amides is 1. The summed E-state index contributed by atoms with van der Waals surface area (Å²) in [5.74, 6) is 2.55. The van der Waals surface area contributed by atoms with Crippen molar-refractivity contribution in [2.75, 3.05) is 0 Å². The van der Waals surface area contributed by atoms with E-state index in [0.29, 0.717) is 5.92 Å². The smallest absolute Gasteiger partial charge is 0.408 e. The molecule has 1 fully saturated rings. The lowest BCUT2D eigenvalue weighted by Crippen LogP contribution is -2.51. The van der Waals surface area contributed by atoms with Gasteiger partial charge in [-0.2, -0.15) is 0 Å². The molecule has 5 heteroatoms. The van der Waals surface area contributed by atoms with Crippen molar-refractivity contribution in [2.45, 2.75) is 85.0 Å². The van der Waals surface area contributed by atoms with E-state index >= 15 is 0 Å². The summed E-state index contributed by atoms with van der Waals surface area (Å²) >= 11 is 0. The molecule has 3 atom stereocenters. The number of nitrogens with one attached hydrogen (secondary N) is 1. The molecule has 0 aliphatic heterocycles. The van der Waals surface area contributed by atoms with Gasteiger partial charge >= 0.3 is 12.1 Å². The number of hydrogen-bond donors (Lipinski definition) is 1. The zero-order valence-corrected chi connectivity index (χ0v) is 15.8. The molecule has 1 N–H and O–H groups in total. The van der Waals surface area contributed by atoms with Crippen LogP contribution >= 0.6 is 0 Å². The number of hydrogen-bond acceptors (Lipinski definition) is 4. The predicted molar refractivity (Wildman–Crippen MR) is 93.3 cm³/mol. The van der Waals surface area contributed by atoms with E-state index in [1.807, 2.05) is 20.8 Å². The molecule has 1 aliphatic carbocycles. The number of alkyl carbamates (subject to hydrolysis) is 1. The summed E-state index contributed by atoms with van der Waals surface area (Å²) in [7, 11) is 0. The molecule has 0 saturated heterocycles. The fourth-order valence-corrected chi connectivity index (χ4v) is 2.41. The van der Waals surface area contributed by atoms with Crippen LogP contribution < -0.4 is 5.32 Å². The molecule has 1 amide bonds. The fourth-order valence-electron chi connectivity index (χ4n) is 2.41. The van der Waals surface area contributed by atoms with E-state index < -0.39 is 29.1 Å². The first kappa shape index (κ1) is 20.3. The molecule has 1 unspecified atom stereocenters. The highest BCUT2D eigenvalue weighted by Gasteiger charge is 2.42. The zero-order chi connectivity index (χ0) is 18.5. The summed E-state index contributed by atoms with van der Waals surface area (Å²) in [5, 5.41) is 2.67. The van der Waals surface area contributed by atoms with Crippen molar-refractivity contribution in [1.82, 2.24) is 5.32 Å². The minimum absolute atomic E-state index is 0.0676. The Kier molecular flexibility index (Phi) is 6.71. The molecule has 0 bridgehead atoms. The largest absolute Gasteiger partial charge is 0.458 e. The van der Waals surface area contributed by atoms with Crippen LogP contribution in [-0.4, -0.2) is 29.8 Å². The van der Waals surface area contributed by atoms with Gasteiger partial charge in [0.25, 0.3) is 0 Å². The van der Waals surface area contributed by atoms with E-state index in [1.165, 1.54) is 0 Å². The first-order valence-corrected chi connectivity index (χ1v) is 8.57. The van der Waals surface area contributed by atoms with Crippen molar-refractivity contribution < 1.29 is 19.1 Å². The van der Waals surface area contributed by atoms with Crippen LogP contribution in [0.1, 0.15) is 67.2 Å². The van der Waals surface area contributed by atoms with Gasteiger partial charge in [0.15, 0.2) is 0 Å². The molecule has 0 aromatic heterocycles. The monoisotopic (exact) mass is 337 g/mol. The minimum atomic E-state index is -0.761. The van der Waals surface area contributed by atoms with Crippen molar-refractivity contribution in [2.24, 2.45) is 11.3 Å². The Balaban J connectivity index is 2.52.